The van der Waals surface area contributed by atoms with E-state index in [1.54, 1.807) is 12.1 Å². The zero-order chi connectivity index (χ0) is 14.8. The number of nitrogens with two attached hydrogens (primary N) is 1. The highest BCUT2D eigenvalue weighted by molar-refractivity contribution is 6.30. The number of anilines is 1. The summed E-state index contributed by atoms with van der Waals surface area (Å²) in [6.07, 6.45) is 4.80. The number of hydrogen-bond acceptors (Lipinski definition) is 4. The fourth-order valence-corrected chi connectivity index (χ4v) is 2.95. The molecule has 0 atom stereocenters. The third kappa shape index (κ3) is 3.13. The standard InChI is InChI=1S/C15H16ClFN4/c16-11-7-3-6-10(13(11)17)8-12-19-14(21-15(18)20-12)9-4-1-2-5-9/h3,6-7,9H,1-2,4-5,8H2,(H2,18,19,20,21). The minimum Gasteiger partial charge on any atom is -0.368 e. The van der Waals surface area contributed by atoms with Gasteiger partial charge in [0.2, 0.25) is 5.95 Å². The number of hydrogen-bond donors (Lipinski definition) is 1. The van der Waals surface area contributed by atoms with Gasteiger partial charge in [-0.05, 0) is 24.5 Å². The maximum atomic E-state index is 14.0. The predicted octanol–water partition coefficient (Wildman–Crippen LogP) is 3.49. The van der Waals surface area contributed by atoms with Gasteiger partial charge in [-0.3, -0.25) is 0 Å². The number of nitrogens with zero attached hydrogens (tertiary/aromatic N) is 3. The van der Waals surface area contributed by atoms with E-state index >= 15 is 0 Å². The van der Waals surface area contributed by atoms with Crippen LogP contribution in [0.2, 0.25) is 5.02 Å². The lowest BCUT2D eigenvalue weighted by molar-refractivity contribution is 0.609. The third-order valence-electron chi connectivity index (χ3n) is 3.82. The van der Waals surface area contributed by atoms with E-state index in [2.05, 4.69) is 15.0 Å². The molecule has 6 heteroatoms. The van der Waals surface area contributed by atoms with Gasteiger partial charge in [-0.1, -0.05) is 36.6 Å². The van der Waals surface area contributed by atoms with Gasteiger partial charge in [0.15, 0.2) is 0 Å². The van der Waals surface area contributed by atoms with Crippen LogP contribution in [0.1, 0.15) is 48.8 Å². The van der Waals surface area contributed by atoms with E-state index < -0.39 is 5.82 Å². The molecule has 1 heterocycles. The molecule has 1 aliphatic rings. The van der Waals surface area contributed by atoms with Crippen LogP contribution in [0.5, 0.6) is 0 Å². The summed E-state index contributed by atoms with van der Waals surface area (Å²) in [5.41, 5.74) is 6.23. The summed E-state index contributed by atoms with van der Waals surface area (Å²) in [5, 5.41) is 0.102. The minimum absolute atomic E-state index is 0.102. The van der Waals surface area contributed by atoms with Gasteiger partial charge in [-0.2, -0.15) is 9.97 Å². The van der Waals surface area contributed by atoms with Crippen molar-refractivity contribution in [3.8, 4) is 0 Å². The lowest BCUT2D eigenvalue weighted by Gasteiger charge is -2.10. The molecule has 2 N–H and O–H groups in total. The average Bonchev–Trinajstić information content (AvgIpc) is 2.97. The first-order valence-corrected chi connectivity index (χ1v) is 7.44. The number of rotatable bonds is 3. The Bertz CT molecular complexity index is 656. The maximum Gasteiger partial charge on any atom is 0.223 e. The van der Waals surface area contributed by atoms with Crippen molar-refractivity contribution in [2.75, 3.05) is 5.73 Å². The molecule has 1 aromatic carbocycles. The Balaban J connectivity index is 1.89. The van der Waals surface area contributed by atoms with Gasteiger partial charge in [0.25, 0.3) is 0 Å². The highest BCUT2D eigenvalue weighted by Gasteiger charge is 2.21. The number of halogens is 2. The lowest BCUT2D eigenvalue weighted by Crippen LogP contribution is -2.10. The fourth-order valence-electron chi connectivity index (χ4n) is 2.76. The van der Waals surface area contributed by atoms with Crippen molar-refractivity contribution < 1.29 is 4.39 Å². The second kappa shape index (κ2) is 5.93. The first-order chi connectivity index (χ1) is 10.1. The van der Waals surface area contributed by atoms with Crippen LogP contribution in [0, 0.1) is 5.82 Å². The molecule has 1 aliphatic carbocycles. The molecule has 0 bridgehead atoms. The monoisotopic (exact) mass is 306 g/mol. The van der Waals surface area contributed by atoms with Crippen LogP contribution in [-0.4, -0.2) is 15.0 Å². The van der Waals surface area contributed by atoms with Crippen molar-refractivity contribution in [2.45, 2.75) is 38.0 Å². The van der Waals surface area contributed by atoms with Gasteiger partial charge in [0.05, 0.1) is 5.02 Å². The van der Waals surface area contributed by atoms with E-state index in [4.69, 9.17) is 17.3 Å². The molecule has 0 aliphatic heterocycles. The van der Waals surface area contributed by atoms with Crippen molar-refractivity contribution >= 4 is 17.5 Å². The van der Waals surface area contributed by atoms with Crippen LogP contribution in [0.3, 0.4) is 0 Å². The Kier molecular flexibility index (Phi) is 4.01. The average molecular weight is 307 g/mol. The van der Waals surface area contributed by atoms with E-state index in [1.807, 2.05) is 0 Å². The van der Waals surface area contributed by atoms with Crippen molar-refractivity contribution in [3.05, 3.63) is 46.3 Å². The second-order valence-electron chi connectivity index (χ2n) is 5.34. The van der Waals surface area contributed by atoms with Crippen LogP contribution in [0.15, 0.2) is 18.2 Å². The highest BCUT2D eigenvalue weighted by Crippen LogP contribution is 2.32. The molecule has 0 saturated heterocycles. The summed E-state index contributed by atoms with van der Waals surface area (Å²) in [6, 6.07) is 4.91. The topological polar surface area (TPSA) is 64.7 Å². The Morgan fingerprint density at radius 1 is 1.19 bits per heavy atom. The van der Waals surface area contributed by atoms with Crippen LogP contribution in [0.25, 0.3) is 0 Å². The van der Waals surface area contributed by atoms with Gasteiger partial charge in [0.1, 0.15) is 17.5 Å². The zero-order valence-corrected chi connectivity index (χ0v) is 12.3. The largest absolute Gasteiger partial charge is 0.368 e. The summed E-state index contributed by atoms with van der Waals surface area (Å²) >= 11 is 5.79. The molecule has 1 fully saturated rings. The van der Waals surface area contributed by atoms with Gasteiger partial charge >= 0.3 is 0 Å². The van der Waals surface area contributed by atoms with Crippen molar-refractivity contribution in [3.63, 3.8) is 0 Å². The molecule has 1 saturated carbocycles. The summed E-state index contributed by atoms with van der Waals surface area (Å²) in [5.74, 6) is 1.34. The van der Waals surface area contributed by atoms with E-state index in [0.717, 1.165) is 18.7 Å². The van der Waals surface area contributed by atoms with Gasteiger partial charge < -0.3 is 5.73 Å². The van der Waals surface area contributed by atoms with Crippen molar-refractivity contribution in [1.29, 1.82) is 0 Å². The Labute approximate surface area is 127 Å². The highest BCUT2D eigenvalue weighted by atomic mass is 35.5. The maximum absolute atomic E-state index is 14.0. The molecular weight excluding hydrogens is 291 g/mol. The molecule has 0 amide bonds. The molecule has 1 aromatic heterocycles. The van der Waals surface area contributed by atoms with E-state index in [1.165, 1.54) is 18.9 Å². The van der Waals surface area contributed by atoms with Crippen LogP contribution in [-0.2, 0) is 6.42 Å². The Hall–Kier alpha value is -1.75. The third-order valence-corrected chi connectivity index (χ3v) is 4.11. The summed E-state index contributed by atoms with van der Waals surface area (Å²) < 4.78 is 14.0. The summed E-state index contributed by atoms with van der Waals surface area (Å²) in [4.78, 5) is 12.8. The molecule has 2 aromatic rings. The molecule has 3 rings (SSSR count). The first-order valence-electron chi connectivity index (χ1n) is 7.06. The number of aromatic nitrogens is 3. The molecule has 21 heavy (non-hydrogen) atoms. The summed E-state index contributed by atoms with van der Waals surface area (Å²) in [7, 11) is 0. The first kappa shape index (κ1) is 14.2. The van der Waals surface area contributed by atoms with E-state index in [0.29, 0.717) is 17.3 Å². The molecule has 0 radical (unpaired) electrons. The SMILES string of the molecule is Nc1nc(Cc2cccc(Cl)c2F)nc(C2CCCC2)n1. The second-order valence-corrected chi connectivity index (χ2v) is 5.75. The normalized spacial score (nSPS) is 15.5. The van der Waals surface area contributed by atoms with E-state index in [-0.39, 0.29) is 17.4 Å². The molecule has 0 unspecified atom stereocenters. The number of benzene rings is 1. The summed E-state index contributed by atoms with van der Waals surface area (Å²) in [6.45, 7) is 0. The Morgan fingerprint density at radius 3 is 2.71 bits per heavy atom. The predicted molar refractivity (Wildman–Crippen MR) is 79.7 cm³/mol. The number of nitrogen functional groups attached to an aromatic ring is 1. The van der Waals surface area contributed by atoms with E-state index in [9.17, 15) is 4.39 Å². The van der Waals surface area contributed by atoms with Gasteiger partial charge in [0, 0.05) is 12.3 Å². The molecule has 4 nitrogen and oxygen atoms in total. The smallest absolute Gasteiger partial charge is 0.223 e. The lowest BCUT2D eigenvalue weighted by atomic mass is 10.1. The van der Waals surface area contributed by atoms with Crippen LogP contribution in [0.4, 0.5) is 10.3 Å². The Morgan fingerprint density at radius 2 is 1.95 bits per heavy atom. The van der Waals surface area contributed by atoms with Crippen molar-refractivity contribution in [2.24, 2.45) is 0 Å². The minimum atomic E-state index is -0.430. The van der Waals surface area contributed by atoms with Crippen molar-refractivity contribution in [1.82, 2.24) is 15.0 Å². The quantitative estimate of drug-likeness (QED) is 0.942. The fraction of sp³-hybridized carbons (Fsp3) is 0.400. The van der Waals surface area contributed by atoms with Gasteiger partial charge in [-0.15, -0.1) is 0 Å². The zero-order valence-electron chi connectivity index (χ0n) is 11.5. The molecular formula is C15H16ClFN4. The molecule has 110 valence electrons. The van der Waals surface area contributed by atoms with Crippen LogP contribution >= 0.6 is 11.6 Å². The van der Waals surface area contributed by atoms with Crippen LogP contribution < -0.4 is 5.73 Å². The molecule has 0 spiro atoms. The van der Waals surface area contributed by atoms with Gasteiger partial charge in [-0.25, -0.2) is 9.37 Å².